The van der Waals surface area contributed by atoms with E-state index in [0.717, 1.165) is 33.3 Å². The van der Waals surface area contributed by atoms with E-state index in [0.29, 0.717) is 0 Å². The summed E-state index contributed by atoms with van der Waals surface area (Å²) in [6, 6.07) is 14.6. The third-order valence-electron chi connectivity index (χ3n) is 3.10. The van der Waals surface area contributed by atoms with Gasteiger partial charge in [0.25, 0.3) is 0 Å². The molecule has 1 N–H and O–H groups in total. The van der Waals surface area contributed by atoms with Crippen molar-refractivity contribution in [2.45, 2.75) is 13.3 Å². The van der Waals surface area contributed by atoms with Gasteiger partial charge in [0.05, 0.1) is 5.52 Å². The number of halogens is 1. The number of fused-ring (bicyclic) bond motifs is 1. The molecule has 1 aromatic heterocycles. The van der Waals surface area contributed by atoms with E-state index in [4.69, 9.17) is 0 Å². The van der Waals surface area contributed by atoms with Gasteiger partial charge in [-0.25, -0.2) is 4.98 Å². The fraction of sp³-hybridized carbons (Fsp3) is 0.133. The normalized spacial score (nSPS) is 11.0. The van der Waals surface area contributed by atoms with Crippen molar-refractivity contribution in [1.82, 2.24) is 9.97 Å². The van der Waals surface area contributed by atoms with E-state index in [1.165, 1.54) is 5.56 Å². The molecule has 0 aliphatic carbocycles. The number of para-hydroxylation sites is 1. The summed E-state index contributed by atoms with van der Waals surface area (Å²) in [6.07, 6.45) is 1.06. The Hall–Kier alpha value is -1.61. The summed E-state index contributed by atoms with van der Waals surface area (Å²) in [5.41, 5.74) is 4.50. The Kier molecular flexibility index (Phi) is 2.92. The summed E-state index contributed by atoms with van der Waals surface area (Å²) < 4.78 is 1.02. The number of H-pyrrole nitrogens is 1. The molecule has 0 aliphatic heterocycles. The largest absolute Gasteiger partial charge is 0.338 e. The molecule has 3 rings (SSSR count). The van der Waals surface area contributed by atoms with Gasteiger partial charge in [-0.1, -0.05) is 37.3 Å². The van der Waals surface area contributed by atoms with Gasteiger partial charge in [-0.05, 0) is 40.0 Å². The molecule has 1 heterocycles. The van der Waals surface area contributed by atoms with Crippen molar-refractivity contribution in [1.29, 1.82) is 0 Å². The minimum Gasteiger partial charge on any atom is -0.338 e. The monoisotopic (exact) mass is 300 g/mol. The molecule has 0 saturated heterocycles. The molecule has 2 nitrogen and oxygen atoms in total. The van der Waals surface area contributed by atoms with Gasteiger partial charge in [0, 0.05) is 10.0 Å². The molecular formula is C15H13BrN2. The Morgan fingerprint density at radius 1 is 1.11 bits per heavy atom. The summed E-state index contributed by atoms with van der Waals surface area (Å²) in [4.78, 5) is 7.98. The Balaban J connectivity index is 2.10. The first-order valence-corrected chi connectivity index (χ1v) is 6.81. The highest BCUT2D eigenvalue weighted by Crippen LogP contribution is 2.25. The van der Waals surface area contributed by atoms with Crippen LogP contribution < -0.4 is 0 Å². The van der Waals surface area contributed by atoms with Gasteiger partial charge in [-0.15, -0.1) is 0 Å². The molecule has 0 fully saturated rings. The van der Waals surface area contributed by atoms with E-state index in [1.807, 2.05) is 18.2 Å². The van der Waals surface area contributed by atoms with E-state index in [-0.39, 0.29) is 0 Å². The first kappa shape index (κ1) is 11.5. The van der Waals surface area contributed by atoms with E-state index in [1.54, 1.807) is 0 Å². The zero-order valence-electron chi connectivity index (χ0n) is 10.1. The van der Waals surface area contributed by atoms with Crippen molar-refractivity contribution in [3.8, 4) is 11.4 Å². The van der Waals surface area contributed by atoms with Crippen LogP contribution in [-0.4, -0.2) is 9.97 Å². The molecule has 2 aromatic carbocycles. The van der Waals surface area contributed by atoms with Gasteiger partial charge in [0.2, 0.25) is 0 Å². The van der Waals surface area contributed by atoms with Gasteiger partial charge in [0.15, 0.2) is 0 Å². The van der Waals surface area contributed by atoms with Crippen LogP contribution >= 0.6 is 15.9 Å². The Bertz CT molecular complexity index is 683. The molecule has 0 unspecified atom stereocenters. The molecular weight excluding hydrogens is 288 g/mol. The summed E-state index contributed by atoms with van der Waals surface area (Å²) >= 11 is 3.52. The molecule has 18 heavy (non-hydrogen) atoms. The average molecular weight is 301 g/mol. The van der Waals surface area contributed by atoms with E-state index in [9.17, 15) is 0 Å². The Labute approximate surface area is 114 Å². The van der Waals surface area contributed by atoms with E-state index in [2.05, 4.69) is 57.1 Å². The van der Waals surface area contributed by atoms with Gasteiger partial charge in [-0.2, -0.15) is 0 Å². The molecule has 0 atom stereocenters. The molecule has 3 heteroatoms. The topological polar surface area (TPSA) is 28.7 Å². The van der Waals surface area contributed by atoms with Crippen LogP contribution in [0.3, 0.4) is 0 Å². The van der Waals surface area contributed by atoms with Crippen molar-refractivity contribution in [2.75, 3.05) is 0 Å². The summed E-state index contributed by atoms with van der Waals surface area (Å²) in [5, 5.41) is 0. The minimum atomic E-state index is 0.916. The summed E-state index contributed by atoms with van der Waals surface area (Å²) in [6.45, 7) is 2.16. The Morgan fingerprint density at radius 3 is 2.56 bits per heavy atom. The molecule has 0 bridgehead atoms. The maximum atomic E-state index is 4.64. The van der Waals surface area contributed by atoms with Crippen LogP contribution in [-0.2, 0) is 6.42 Å². The zero-order valence-corrected chi connectivity index (χ0v) is 11.7. The number of nitrogens with zero attached hydrogens (tertiary/aromatic N) is 1. The van der Waals surface area contributed by atoms with Crippen molar-refractivity contribution in [3.63, 3.8) is 0 Å². The number of aromatic nitrogens is 2. The van der Waals surface area contributed by atoms with Crippen LogP contribution in [0.5, 0.6) is 0 Å². The van der Waals surface area contributed by atoms with Crippen LogP contribution in [0.1, 0.15) is 12.5 Å². The van der Waals surface area contributed by atoms with Gasteiger partial charge < -0.3 is 4.98 Å². The number of nitrogens with one attached hydrogen (secondary N) is 1. The van der Waals surface area contributed by atoms with Crippen LogP contribution in [0.4, 0.5) is 0 Å². The maximum absolute atomic E-state index is 4.64. The SMILES string of the molecule is CCc1ccc(-c2nc3c(Br)cccc3[nH]2)cc1. The lowest BCUT2D eigenvalue weighted by atomic mass is 10.1. The van der Waals surface area contributed by atoms with Crippen LogP contribution in [0, 0.1) is 0 Å². The third kappa shape index (κ3) is 1.95. The second-order valence-electron chi connectivity index (χ2n) is 4.27. The molecule has 0 aliphatic rings. The Morgan fingerprint density at radius 2 is 1.89 bits per heavy atom. The van der Waals surface area contributed by atoms with Crippen LogP contribution in [0.25, 0.3) is 22.4 Å². The number of aromatic amines is 1. The molecule has 3 aromatic rings. The van der Waals surface area contributed by atoms with Gasteiger partial charge >= 0.3 is 0 Å². The van der Waals surface area contributed by atoms with E-state index >= 15 is 0 Å². The lowest BCUT2D eigenvalue weighted by Crippen LogP contribution is -1.82. The third-order valence-corrected chi connectivity index (χ3v) is 3.74. The summed E-state index contributed by atoms with van der Waals surface area (Å²) in [7, 11) is 0. The molecule has 0 radical (unpaired) electrons. The molecule has 90 valence electrons. The zero-order chi connectivity index (χ0) is 12.5. The molecule has 0 spiro atoms. The number of hydrogen-bond donors (Lipinski definition) is 1. The van der Waals surface area contributed by atoms with Crippen LogP contribution in [0.15, 0.2) is 46.9 Å². The van der Waals surface area contributed by atoms with Gasteiger partial charge in [-0.3, -0.25) is 0 Å². The van der Waals surface area contributed by atoms with Crippen molar-refractivity contribution >= 4 is 27.0 Å². The fourth-order valence-corrected chi connectivity index (χ4v) is 2.49. The number of aryl methyl sites for hydroxylation is 1. The standard InChI is InChI=1S/C15H13BrN2/c1-2-10-6-8-11(9-7-10)15-17-13-5-3-4-12(16)14(13)18-15/h3-9H,2H2,1H3,(H,17,18). The second-order valence-corrected chi connectivity index (χ2v) is 5.13. The average Bonchev–Trinajstić information content (AvgIpc) is 2.84. The van der Waals surface area contributed by atoms with Crippen molar-refractivity contribution < 1.29 is 0 Å². The highest BCUT2D eigenvalue weighted by atomic mass is 79.9. The predicted octanol–water partition coefficient (Wildman–Crippen LogP) is 4.55. The smallest absolute Gasteiger partial charge is 0.138 e. The van der Waals surface area contributed by atoms with Crippen molar-refractivity contribution in [2.24, 2.45) is 0 Å². The first-order valence-electron chi connectivity index (χ1n) is 6.01. The van der Waals surface area contributed by atoms with Gasteiger partial charge in [0.1, 0.15) is 11.3 Å². The molecule has 0 saturated carbocycles. The summed E-state index contributed by atoms with van der Waals surface area (Å²) in [5.74, 6) is 0.916. The quantitative estimate of drug-likeness (QED) is 0.739. The number of rotatable bonds is 2. The van der Waals surface area contributed by atoms with Crippen LogP contribution in [0.2, 0.25) is 0 Å². The molecule has 0 amide bonds. The number of imidazole rings is 1. The lowest BCUT2D eigenvalue weighted by Gasteiger charge is -1.98. The second kappa shape index (κ2) is 4.58. The van der Waals surface area contributed by atoms with Crippen molar-refractivity contribution in [3.05, 3.63) is 52.5 Å². The maximum Gasteiger partial charge on any atom is 0.138 e. The minimum absolute atomic E-state index is 0.916. The lowest BCUT2D eigenvalue weighted by molar-refractivity contribution is 1.14. The first-order chi connectivity index (χ1) is 8.78. The highest BCUT2D eigenvalue weighted by molar-refractivity contribution is 9.10. The predicted molar refractivity (Wildman–Crippen MR) is 78.6 cm³/mol. The number of hydrogen-bond acceptors (Lipinski definition) is 1. The fourth-order valence-electron chi connectivity index (χ4n) is 2.03. The number of benzene rings is 2. The van der Waals surface area contributed by atoms with E-state index < -0.39 is 0 Å². The highest BCUT2D eigenvalue weighted by Gasteiger charge is 2.07.